The Hall–Kier alpha value is -1.34. The first-order chi connectivity index (χ1) is 11.6. The van der Waals surface area contributed by atoms with Crippen LogP contribution < -0.4 is 0 Å². The second-order valence-electron chi connectivity index (χ2n) is 4.49. The molecular formula is C17H20ClN. The Bertz CT molecular complexity index is 652. The molecule has 0 N–H and O–H groups in total. The van der Waals surface area contributed by atoms with Crippen LogP contribution in [0.3, 0.4) is 0 Å². The van der Waals surface area contributed by atoms with E-state index >= 15 is 0 Å². The minimum Gasteiger partial charge on any atom is -0.261 e. The molecular weight excluding hydrogens is 254 g/mol. The average Bonchev–Trinajstić information content (AvgIpc) is 2.51. The topological polar surface area (TPSA) is 12.9 Å². The van der Waals surface area contributed by atoms with Crippen molar-refractivity contribution in [3.8, 4) is 0 Å². The van der Waals surface area contributed by atoms with E-state index < -0.39 is 19.6 Å². The summed E-state index contributed by atoms with van der Waals surface area (Å²) in [5.41, 5.74) is 1.71. The minimum atomic E-state index is -2.53. The third-order valence-corrected chi connectivity index (χ3v) is 3.31. The zero-order valence-corrected chi connectivity index (χ0v) is 11.3. The summed E-state index contributed by atoms with van der Waals surface area (Å²) in [6, 6.07) is 12.8. The largest absolute Gasteiger partial charge is 0.261 e. The van der Waals surface area contributed by atoms with E-state index in [9.17, 15) is 0 Å². The number of halogens is 1. The maximum Gasteiger partial charge on any atom is 0.0478 e. The lowest BCUT2D eigenvalue weighted by Crippen LogP contribution is -2.05. The van der Waals surface area contributed by atoms with Crippen LogP contribution in [-0.4, -0.2) is 4.98 Å². The fourth-order valence-electron chi connectivity index (χ4n) is 2.10. The number of pyridine rings is 1. The molecule has 0 radical (unpaired) electrons. The Labute approximate surface area is 129 Å². The van der Waals surface area contributed by atoms with Crippen molar-refractivity contribution >= 4 is 11.6 Å². The van der Waals surface area contributed by atoms with E-state index in [1.54, 1.807) is 24.4 Å². The van der Waals surface area contributed by atoms with Crippen molar-refractivity contribution in [2.24, 2.45) is 5.92 Å². The first kappa shape index (κ1) is 8.06. The first-order valence-electron chi connectivity index (χ1n) is 9.25. The molecule has 1 atom stereocenters. The SMILES string of the molecule is [2H]C([2H])([2H])C(CC[C@@H](c1ccc(Cl)cc1)c1ccccn1)C([2H])([2H])[2H]. The zero-order chi connectivity index (χ0) is 18.7. The predicted octanol–water partition coefficient (Wildman–Crippen LogP) is 5.30. The highest BCUT2D eigenvalue weighted by Gasteiger charge is 2.15. The van der Waals surface area contributed by atoms with Crippen molar-refractivity contribution < 1.29 is 8.22 Å². The lowest BCUT2D eigenvalue weighted by atomic mass is 9.88. The third-order valence-electron chi connectivity index (χ3n) is 3.06. The van der Waals surface area contributed by atoms with Gasteiger partial charge < -0.3 is 0 Å². The first-order valence-corrected chi connectivity index (χ1v) is 6.63. The number of hydrogen-bond acceptors (Lipinski definition) is 1. The van der Waals surface area contributed by atoms with Crippen molar-refractivity contribution in [2.45, 2.75) is 32.5 Å². The normalized spacial score (nSPS) is 18.6. The molecule has 0 unspecified atom stereocenters. The van der Waals surface area contributed by atoms with Gasteiger partial charge in [-0.3, -0.25) is 4.98 Å². The molecule has 0 amide bonds. The van der Waals surface area contributed by atoms with Crippen molar-refractivity contribution in [2.75, 3.05) is 0 Å². The molecule has 1 nitrogen and oxygen atoms in total. The molecule has 0 bridgehead atoms. The molecule has 0 saturated carbocycles. The number of benzene rings is 1. The highest BCUT2D eigenvalue weighted by molar-refractivity contribution is 6.30. The van der Waals surface area contributed by atoms with Crippen molar-refractivity contribution in [1.82, 2.24) is 4.98 Å². The molecule has 2 heteroatoms. The van der Waals surface area contributed by atoms with Crippen LogP contribution in [0.5, 0.6) is 0 Å². The van der Waals surface area contributed by atoms with Crippen LogP contribution in [0.25, 0.3) is 0 Å². The van der Waals surface area contributed by atoms with Gasteiger partial charge in [0.1, 0.15) is 0 Å². The fourth-order valence-corrected chi connectivity index (χ4v) is 2.22. The number of nitrogens with zero attached hydrogens (tertiary/aromatic N) is 1. The summed E-state index contributed by atoms with van der Waals surface area (Å²) >= 11 is 5.95. The van der Waals surface area contributed by atoms with E-state index in [1.165, 1.54) is 0 Å². The van der Waals surface area contributed by atoms with E-state index in [-0.39, 0.29) is 12.3 Å². The zero-order valence-electron chi connectivity index (χ0n) is 16.5. The molecule has 2 aromatic rings. The fraction of sp³-hybridized carbons (Fsp3) is 0.353. The summed E-state index contributed by atoms with van der Waals surface area (Å²) in [7, 11) is 0. The van der Waals surface area contributed by atoms with Crippen LogP contribution >= 0.6 is 11.6 Å². The van der Waals surface area contributed by atoms with Crippen LogP contribution in [0, 0.1) is 5.92 Å². The predicted molar refractivity (Wildman–Crippen MR) is 81.6 cm³/mol. The van der Waals surface area contributed by atoms with Gasteiger partial charge in [0.2, 0.25) is 0 Å². The number of rotatable bonds is 5. The molecule has 1 aromatic heterocycles. The molecule has 1 heterocycles. The van der Waals surface area contributed by atoms with Gasteiger partial charge in [0.25, 0.3) is 0 Å². The van der Waals surface area contributed by atoms with Gasteiger partial charge in [-0.2, -0.15) is 0 Å². The molecule has 0 aliphatic rings. The van der Waals surface area contributed by atoms with Crippen LogP contribution in [-0.2, 0) is 0 Å². The smallest absolute Gasteiger partial charge is 0.0478 e. The summed E-state index contributed by atoms with van der Waals surface area (Å²) in [4.78, 5) is 4.37. The molecule has 0 aliphatic carbocycles. The van der Waals surface area contributed by atoms with E-state index in [2.05, 4.69) is 4.98 Å². The standard InChI is InChI=1S/C17H20ClN/c1-13(2)6-11-16(17-5-3-4-12-19-17)14-7-9-15(18)10-8-14/h3-5,7-10,12-13,16H,6,11H2,1-2H3/t16-/m0/s1/i1D3,2D3. The second-order valence-corrected chi connectivity index (χ2v) is 4.93. The van der Waals surface area contributed by atoms with Crippen LogP contribution in [0.15, 0.2) is 48.7 Å². The lowest BCUT2D eigenvalue weighted by Gasteiger charge is -2.18. The van der Waals surface area contributed by atoms with E-state index in [4.69, 9.17) is 19.8 Å². The van der Waals surface area contributed by atoms with Crippen molar-refractivity contribution in [3.63, 3.8) is 0 Å². The van der Waals surface area contributed by atoms with Gasteiger partial charge in [-0.05, 0) is 42.2 Å². The summed E-state index contributed by atoms with van der Waals surface area (Å²) in [6.07, 6.45) is 2.10. The monoisotopic (exact) mass is 279 g/mol. The van der Waals surface area contributed by atoms with Gasteiger partial charge in [-0.25, -0.2) is 0 Å². The Morgan fingerprint density at radius 3 is 2.53 bits per heavy atom. The van der Waals surface area contributed by atoms with Crippen LogP contribution in [0.2, 0.25) is 5.02 Å². The van der Waals surface area contributed by atoms with Gasteiger partial charge in [0, 0.05) is 31.1 Å². The van der Waals surface area contributed by atoms with Crippen molar-refractivity contribution in [1.29, 1.82) is 0 Å². The van der Waals surface area contributed by atoms with Gasteiger partial charge in [-0.1, -0.05) is 49.9 Å². The minimum absolute atomic E-state index is 0.0524. The Morgan fingerprint density at radius 1 is 1.11 bits per heavy atom. The summed E-state index contributed by atoms with van der Waals surface area (Å²) < 4.78 is 45.4. The molecule has 19 heavy (non-hydrogen) atoms. The number of aromatic nitrogens is 1. The third kappa shape index (κ3) is 4.07. The van der Waals surface area contributed by atoms with E-state index in [0.717, 1.165) is 11.3 Å². The molecule has 1 aromatic carbocycles. The summed E-state index contributed by atoms with van der Waals surface area (Å²) in [5.74, 6) is -1.55. The maximum absolute atomic E-state index is 7.57. The van der Waals surface area contributed by atoms with Crippen molar-refractivity contribution in [3.05, 3.63) is 64.9 Å². The average molecular weight is 280 g/mol. The molecule has 100 valence electrons. The number of hydrogen-bond donors (Lipinski definition) is 0. The van der Waals surface area contributed by atoms with Crippen LogP contribution in [0.4, 0.5) is 0 Å². The van der Waals surface area contributed by atoms with Crippen LogP contribution in [0.1, 0.15) is 51.9 Å². The summed E-state index contributed by atoms with van der Waals surface area (Å²) in [5, 5.41) is 0.603. The maximum atomic E-state index is 7.57. The Balaban J connectivity index is 2.29. The van der Waals surface area contributed by atoms with Gasteiger partial charge >= 0.3 is 0 Å². The molecule has 0 fully saturated rings. The van der Waals surface area contributed by atoms with E-state index in [0.29, 0.717) is 11.4 Å². The second kappa shape index (κ2) is 6.72. The summed E-state index contributed by atoms with van der Waals surface area (Å²) in [6.45, 7) is -5.06. The van der Waals surface area contributed by atoms with Gasteiger partial charge in [0.15, 0.2) is 0 Å². The Kier molecular flexibility index (Phi) is 2.85. The quantitative estimate of drug-likeness (QED) is 0.723. The highest BCUT2D eigenvalue weighted by Crippen LogP contribution is 2.30. The van der Waals surface area contributed by atoms with E-state index in [1.807, 2.05) is 24.3 Å². The molecule has 0 aliphatic heterocycles. The molecule has 0 saturated heterocycles. The molecule has 2 rings (SSSR count). The van der Waals surface area contributed by atoms with Gasteiger partial charge in [0.05, 0.1) is 0 Å². The molecule has 0 spiro atoms. The van der Waals surface area contributed by atoms with Gasteiger partial charge in [-0.15, -0.1) is 0 Å². The Morgan fingerprint density at radius 2 is 1.89 bits per heavy atom. The lowest BCUT2D eigenvalue weighted by molar-refractivity contribution is 0.524. The highest BCUT2D eigenvalue weighted by atomic mass is 35.5.